The van der Waals surface area contributed by atoms with Gasteiger partial charge in [-0.1, -0.05) is 30.7 Å². The van der Waals surface area contributed by atoms with Gasteiger partial charge in [0.2, 0.25) is 11.8 Å². The molecule has 2 N–H and O–H groups in total. The Morgan fingerprint density at radius 3 is 2.95 bits per heavy atom. The average Bonchev–Trinajstić information content (AvgIpc) is 2.82. The Hall–Kier alpha value is -1.55. The molecule has 19 heavy (non-hydrogen) atoms. The lowest BCUT2D eigenvalue weighted by Crippen LogP contribution is -2.34. The maximum Gasteiger partial charge on any atom is 0.225 e. The molecule has 0 bridgehead atoms. The number of hydrogen-bond acceptors (Lipinski definition) is 2. The Labute approximate surface area is 117 Å². The highest BCUT2D eigenvalue weighted by atomic mass is 35.5. The summed E-state index contributed by atoms with van der Waals surface area (Å²) in [4.78, 5) is 23.2. The van der Waals surface area contributed by atoms with Crippen LogP contribution in [-0.4, -0.2) is 18.4 Å². The molecule has 1 saturated heterocycles. The first-order chi connectivity index (χ1) is 9.10. The number of hydrogen-bond donors (Lipinski definition) is 2. The maximum atomic E-state index is 12.1. The largest absolute Gasteiger partial charge is 0.355 e. The summed E-state index contributed by atoms with van der Waals surface area (Å²) in [6, 6.07) is 7.40. The maximum absolute atomic E-state index is 12.1. The standard InChI is InChI=1S/C14H17ClN2O2/c1-2-12(9-4-3-5-11(15)6-9)17-14(19)10-7-13(18)16-8-10/h3-6,10,12H,2,7-8H2,1H3,(H,16,18)(H,17,19). The fourth-order valence-electron chi connectivity index (χ4n) is 2.22. The van der Waals surface area contributed by atoms with Crippen molar-refractivity contribution >= 4 is 23.4 Å². The van der Waals surface area contributed by atoms with Gasteiger partial charge in [-0.15, -0.1) is 0 Å². The summed E-state index contributed by atoms with van der Waals surface area (Å²) in [5.41, 5.74) is 0.987. The van der Waals surface area contributed by atoms with Gasteiger partial charge in [-0.05, 0) is 24.1 Å². The quantitative estimate of drug-likeness (QED) is 0.887. The van der Waals surface area contributed by atoms with E-state index in [1.807, 2.05) is 25.1 Å². The van der Waals surface area contributed by atoms with Crippen molar-refractivity contribution in [3.8, 4) is 0 Å². The molecule has 2 rings (SSSR count). The van der Waals surface area contributed by atoms with Gasteiger partial charge in [-0.3, -0.25) is 9.59 Å². The highest BCUT2D eigenvalue weighted by Gasteiger charge is 2.29. The molecule has 2 unspecified atom stereocenters. The van der Waals surface area contributed by atoms with E-state index in [-0.39, 0.29) is 30.2 Å². The van der Waals surface area contributed by atoms with Crippen LogP contribution in [0.5, 0.6) is 0 Å². The van der Waals surface area contributed by atoms with Crippen LogP contribution in [0.3, 0.4) is 0 Å². The Morgan fingerprint density at radius 1 is 1.58 bits per heavy atom. The van der Waals surface area contributed by atoms with Crippen molar-refractivity contribution < 1.29 is 9.59 Å². The molecule has 0 aliphatic carbocycles. The minimum absolute atomic E-state index is 0.0593. The molecule has 0 radical (unpaired) electrons. The summed E-state index contributed by atoms with van der Waals surface area (Å²) < 4.78 is 0. The van der Waals surface area contributed by atoms with Crippen LogP contribution in [0.4, 0.5) is 0 Å². The van der Waals surface area contributed by atoms with Crippen molar-refractivity contribution in [2.24, 2.45) is 5.92 Å². The van der Waals surface area contributed by atoms with Crippen molar-refractivity contribution in [1.29, 1.82) is 0 Å². The van der Waals surface area contributed by atoms with Crippen LogP contribution in [0, 0.1) is 5.92 Å². The highest BCUT2D eigenvalue weighted by Crippen LogP contribution is 2.21. The summed E-state index contributed by atoms with van der Waals surface area (Å²) in [7, 11) is 0. The van der Waals surface area contributed by atoms with Gasteiger partial charge in [0.25, 0.3) is 0 Å². The van der Waals surface area contributed by atoms with Crippen LogP contribution in [0.1, 0.15) is 31.4 Å². The Morgan fingerprint density at radius 2 is 2.37 bits per heavy atom. The van der Waals surface area contributed by atoms with E-state index in [0.717, 1.165) is 12.0 Å². The van der Waals surface area contributed by atoms with Crippen molar-refractivity contribution in [3.63, 3.8) is 0 Å². The molecular weight excluding hydrogens is 264 g/mol. The van der Waals surface area contributed by atoms with Crippen molar-refractivity contribution in [2.45, 2.75) is 25.8 Å². The molecule has 5 heteroatoms. The normalized spacial score (nSPS) is 19.9. The third-order valence-corrected chi connectivity index (χ3v) is 3.56. The van der Waals surface area contributed by atoms with E-state index in [4.69, 9.17) is 11.6 Å². The average molecular weight is 281 g/mol. The van der Waals surface area contributed by atoms with Gasteiger partial charge in [0.1, 0.15) is 0 Å². The Bertz CT molecular complexity index is 490. The van der Waals surface area contributed by atoms with Crippen LogP contribution in [0.15, 0.2) is 24.3 Å². The first-order valence-corrected chi connectivity index (χ1v) is 6.80. The van der Waals surface area contributed by atoms with Crippen molar-refractivity contribution in [3.05, 3.63) is 34.9 Å². The van der Waals surface area contributed by atoms with Gasteiger partial charge in [-0.25, -0.2) is 0 Å². The summed E-state index contributed by atoms with van der Waals surface area (Å²) in [5, 5.41) is 6.31. The van der Waals surface area contributed by atoms with Gasteiger partial charge >= 0.3 is 0 Å². The smallest absolute Gasteiger partial charge is 0.225 e. The van der Waals surface area contributed by atoms with E-state index in [0.29, 0.717) is 11.6 Å². The molecule has 0 spiro atoms. The minimum Gasteiger partial charge on any atom is -0.355 e. The molecule has 1 aromatic rings. The van der Waals surface area contributed by atoms with Crippen molar-refractivity contribution in [2.75, 3.05) is 6.54 Å². The molecule has 1 aliphatic heterocycles. The van der Waals surface area contributed by atoms with Crippen LogP contribution >= 0.6 is 11.6 Å². The fourth-order valence-corrected chi connectivity index (χ4v) is 2.42. The van der Waals surface area contributed by atoms with E-state index >= 15 is 0 Å². The zero-order valence-electron chi connectivity index (χ0n) is 10.8. The lowest BCUT2D eigenvalue weighted by Gasteiger charge is -2.19. The van der Waals surface area contributed by atoms with E-state index in [1.54, 1.807) is 6.07 Å². The molecule has 2 atom stereocenters. The zero-order valence-corrected chi connectivity index (χ0v) is 11.5. The van der Waals surface area contributed by atoms with Gasteiger partial charge in [0, 0.05) is 18.0 Å². The number of nitrogens with one attached hydrogen (secondary N) is 2. The van der Waals surface area contributed by atoms with Gasteiger partial charge in [-0.2, -0.15) is 0 Å². The molecule has 0 saturated carbocycles. The first kappa shape index (κ1) is 13.9. The zero-order chi connectivity index (χ0) is 13.8. The van der Waals surface area contributed by atoms with Gasteiger partial charge in [0.05, 0.1) is 12.0 Å². The van der Waals surface area contributed by atoms with Crippen molar-refractivity contribution in [1.82, 2.24) is 10.6 Å². The first-order valence-electron chi connectivity index (χ1n) is 6.42. The summed E-state index contributed by atoms with van der Waals surface area (Å²) in [5.74, 6) is -0.401. The van der Waals surface area contributed by atoms with Gasteiger partial charge < -0.3 is 10.6 Å². The van der Waals surface area contributed by atoms with E-state index in [2.05, 4.69) is 10.6 Å². The predicted octanol–water partition coefficient (Wildman–Crippen LogP) is 2.04. The highest BCUT2D eigenvalue weighted by molar-refractivity contribution is 6.30. The molecule has 4 nitrogen and oxygen atoms in total. The van der Waals surface area contributed by atoms with E-state index in [1.165, 1.54) is 0 Å². The number of rotatable bonds is 4. The van der Waals surface area contributed by atoms with Crippen LogP contribution in [0.25, 0.3) is 0 Å². The topological polar surface area (TPSA) is 58.2 Å². The molecule has 1 fully saturated rings. The minimum atomic E-state index is -0.263. The number of amides is 2. The fraction of sp³-hybridized carbons (Fsp3) is 0.429. The van der Waals surface area contributed by atoms with E-state index < -0.39 is 0 Å². The van der Waals surface area contributed by atoms with Crippen LogP contribution in [0.2, 0.25) is 5.02 Å². The number of carbonyl (C=O) groups excluding carboxylic acids is 2. The Balaban J connectivity index is 2.03. The SMILES string of the molecule is CCC(NC(=O)C1CNC(=O)C1)c1cccc(Cl)c1. The molecule has 1 aromatic carbocycles. The summed E-state index contributed by atoms with van der Waals surface area (Å²) in [6.45, 7) is 2.43. The van der Waals surface area contributed by atoms with Crippen LogP contribution < -0.4 is 10.6 Å². The molecule has 102 valence electrons. The second kappa shape index (κ2) is 6.06. The molecule has 2 amide bonds. The van der Waals surface area contributed by atoms with Gasteiger partial charge in [0.15, 0.2) is 0 Å². The number of benzene rings is 1. The number of halogens is 1. The predicted molar refractivity (Wildman–Crippen MR) is 73.7 cm³/mol. The third-order valence-electron chi connectivity index (χ3n) is 3.32. The molecule has 1 aliphatic rings. The lowest BCUT2D eigenvalue weighted by atomic mass is 10.0. The molecular formula is C14H17ClN2O2. The molecule has 1 heterocycles. The summed E-state index contributed by atoms with van der Waals surface area (Å²) in [6.07, 6.45) is 1.05. The lowest BCUT2D eigenvalue weighted by molar-refractivity contribution is -0.127. The number of carbonyl (C=O) groups is 2. The third kappa shape index (κ3) is 3.47. The van der Waals surface area contributed by atoms with E-state index in [9.17, 15) is 9.59 Å². The second-order valence-corrected chi connectivity index (χ2v) is 5.17. The second-order valence-electron chi connectivity index (χ2n) is 4.73. The van der Waals surface area contributed by atoms with Crippen LogP contribution in [-0.2, 0) is 9.59 Å². The Kier molecular flexibility index (Phi) is 4.43. The summed E-state index contributed by atoms with van der Waals surface area (Å²) >= 11 is 5.96. The molecule has 0 aromatic heterocycles. The monoisotopic (exact) mass is 280 g/mol.